The van der Waals surface area contributed by atoms with Crippen LogP contribution in [0.15, 0.2) is 48.5 Å². The molecule has 3 rings (SSSR count). The van der Waals surface area contributed by atoms with Crippen LogP contribution in [0.3, 0.4) is 0 Å². The molecule has 1 aliphatic rings. The average molecular weight is 557 g/mol. The zero-order valence-corrected chi connectivity index (χ0v) is 22.6. The minimum absolute atomic E-state index is 0.0102. The monoisotopic (exact) mass is 556 g/mol. The molecule has 1 saturated heterocycles. The van der Waals surface area contributed by atoms with E-state index in [2.05, 4.69) is 5.32 Å². The third-order valence-corrected chi connectivity index (χ3v) is 6.37. The molecule has 3 N–H and O–H groups in total. The number of amides is 4. The van der Waals surface area contributed by atoms with E-state index < -0.39 is 47.9 Å². The number of esters is 3. The summed E-state index contributed by atoms with van der Waals surface area (Å²) in [7, 11) is 0. The van der Waals surface area contributed by atoms with Gasteiger partial charge in [-0.2, -0.15) is 0 Å². The maximum absolute atomic E-state index is 15.1. The first-order chi connectivity index (χ1) is 19.0. The second-order valence-electron chi connectivity index (χ2n) is 9.63. The first kappa shape index (κ1) is 30.1. The van der Waals surface area contributed by atoms with Crippen LogP contribution in [-0.4, -0.2) is 61.1 Å². The number of carbonyl (C=O) groups excluding carboxylic acids is 5. The smallest absolute Gasteiger partial charge is 0.344 e. The lowest BCUT2D eigenvalue weighted by Gasteiger charge is -2.36. The highest BCUT2D eigenvalue weighted by molar-refractivity contribution is 6.01. The second-order valence-corrected chi connectivity index (χ2v) is 9.63. The molecule has 1 unspecified atom stereocenters. The van der Waals surface area contributed by atoms with Crippen molar-refractivity contribution in [3.8, 4) is 0 Å². The molecule has 0 aliphatic carbocycles. The Morgan fingerprint density at radius 1 is 1.12 bits per heavy atom. The van der Waals surface area contributed by atoms with Crippen molar-refractivity contribution in [3.05, 3.63) is 65.5 Å². The van der Waals surface area contributed by atoms with Gasteiger partial charge in [0.05, 0.1) is 12.2 Å². The molecule has 0 bridgehead atoms. The topological polar surface area (TPSA) is 148 Å². The molecule has 1 atom stereocenters. The molecule has 1 heterocycles. The Hall–Kier alpha value is -4.48. The van der Waals surface area contributed by atoms with Crippen molar-refractivity contribution in [2.45, 2.75) is 39.2 Å². The summed E-state index contributed by atoms with van der Waals surface area (Å²) in [5.41, 5.74) is 3.65. The number of likely N-dealkylation sites (tertiary alicyclic amines) is 1. The van der Waals surface area contributed by atoms with Crippen molar-refractivity contribution in [1.29, 1.82) is 0 Å². The van der Waals surface area contributed by atoms with Crippen molar-refractivity contribution in [1.82, 2.24) is 10.2 Å². The van der Waals surface area contributed by atoms with Gasteiger partial charge < -0.3 is 25.4 Å². The number of primary amides is 1. The van der Waals surface area contributed by atoms with E-state index in [1.165, 1.54) is 47.4 Å². The van der Waals surface area contributed by atoms with E-state index in [4.69, 9.17) is 15.2 Å². The van der Waals surface area contributed by atoms with Gasteiger partial charge in [-0.3, -0.25) is 4.90 Å². The third kappa shape index (κ3) is 6.56. The number of benzene rings is 2. The van der Waals surface area contributed by atoms with Gasteiger partial charge in [0.25, 0.3) is 0 Å². The van der Waals surface area contributed by atoms with Gasteiger partial charge in [-0.15, -0.1) is 0 Å². The lowest BCUT2D eigenvalue weighted by Crippen LogP contribution is -2.56. The molecule has 1 aliphatic heterocycles. The molecule has 1 fully saturated rings. The molecule has 0 spiro atoms. The molecule has 0 aromatic heterocycles. The number of urea groups is 2. The molecule has 0 saturated carbocycles. The maximum atomic E-state index is 15.1. The zero-order valence-electron chi connectivity index (χ0n) is 22.6. The lowest BCUT2D eigenvalue weighted by atomic mass is 9.86. The molecule has 40 heavy (non-hydrogen) atoms. The number of rotatable bonds is 9. The molecule has 11 nitrogen and oxygen atoms in total. The fourth-order valence-corrected chi connectivity index (χ4v) is 4.54. The summed E-state index contributed by atoms with van der Waals surface area (Å²) in [6.45, 7) is 5.21. The molecule has 214 valence electrons. The van der Waals surface area contributed by atoms with Crippen LogP contribution in [0, 0.1) is 11.7 Å². The number of nitrogens with two attached hydrogens (primary N) is 1. The van der Waals surface area contributed by atoms with Crippen LogP contribution in [0.4, 0.5) is 19.7 Å². The highest BCUT2D eigenvalue weighted by atomic mass is 19.1. The van der Waals surface area contributed by atoms with E-state index in [9.17, 15) is 24.0 Å². The third-order valence-electron chi connectivity index (χ3n) is 6.37. The summed E-state index contributed by atoms with van der Waals surface area (Å²) in [6.07, 6.45) is 0.358. The first-order valence-electron chi connectivity index (χ1n) is 12.9. The van der Waals surface area contributed by atoms with Crippen LogP contribution in [0.1, 0.15) is 49.5 Å². The number of ether oxygens (including phenoxy) is 2. The van der Waals surface area contributed by atoms with E-state index >= 15 is 4.39 Å². The largest absolute Gasteiger partial charge is 0.462 e. The van der Waals surface area contributed by atoms with E-state index in [0.29, 0.717) is 13.0 Å². The van der Waals surface area contributed by atoms with Crippen LogP contribution in [0.5, 0.6) is 0 Å². The molecule has 2 aromatic carbocycles. The van der Waals surface area contributed by atoms with Crippen molar-refractivity contribution >= 4 is 35.7 Å². The van der Waals surface area contributed by atoms with E-state index in [1.54, 1.807) is 6.92 Å². The summed E-state index contributed by atoms with van der Waals surface area (Å²) in [4.78, 5) is 66.1. The van der Waals surface area contributed by atoms with Crippen molar-refractivity contribution in [2.75, 3.05) is 31.1 Å². The first-order valence-corrected chi connectivity index (χ1v) is 12.9. The Morgan fingerprint density at radius 3 is 2.50 bits per heavy atom. The van der Waals surface area contributed by atoms with Crippen molar-refractivity contribution in [2.24, 2.45) is 11.7 Å². The summed E-state index contributed by atoms with van der Waals surface area (Å²) in [5, 5.41) is 2.73. The fourth-order valence-electron chi connectivity index (χ4n) is 4.54. The summed E-state index contributed by atoms with van der Waals surface area (Å²) in [5.74, 6) is -3.61. The zero-order chi connectivity index (χ0) is 29.4. The lowest BCUT2D eigenvalue weighted by molar-refractivity contribution is -0.166. The van der Waals surface area contributed by atoms with Gasteiger partial charge in [0, 0.05) is 24.3 Å². The molecular weight excluding hydrogens is 523 g/mol. The number of hydrogen-bond acceptors (Lipinski definition) is 7. The number of hydrogen-bond donors (Lipinski definition) is 2. The Morgan fingerprint density at radius 2 is 1.85 bits per heavy atom. The number of nitrogens with one attached hydrogen (secondary N) is 1. The van der Waals surface area contributed by atoms with Crippen molar-refractivity contribution < 1.29 is 37.8 Å². The van der Waals surface area contributed by atoms with E-state index in [0.717, 1.165) is 11.0 Å². The van der Waals surface area contributed by atoms with Crippen LogP contribution >= 0.6 is 0 Å². The Kier molecular flexibility index (Phi) is 9.81. The standard InChI is InChI=1S/C28H33FN4O7/c1-4-39-24(35)19-9-7-10-20(15-19)32(26(30)37)17-23(34)40-25(36)28(21-11-5-6-12-22(21)29)13-8-14-33(28)27(38)31-16-18(2)3/h5-7,9-12,15,18H,4,8,13-14,16-17H2,1-3H3,(H2,30,37)(H,31,38). The van der Waals surface area contributed by atoms with Crippen LogP contribution in [0.2, 0.25) is 0 Å². The Labute approximate surface area is 231 Å². The van der Waals surface area contributed by atoms with Gasteiger partial charge in [0.1, 0.15) is 12.4 Å². The van der Waals surface area contributed by atoms with Gasteiger partial charge in [-0.05, 0) is 49.9 Å². The highest BCUT2D eigenvalue weighted by Gasteiger charge is 2.54. The molecule has 12 heteroatoms. The van der Waals surface area contributed by atoms with Crippen LogP contribution < -0.4 is 16.0 Å². The highest BCUT2D eigenvalue weighted by Crippen LogP contribution is 2.41. The fraction of sp³-hybridized carbons (Fsp3) is 0.393. The van der Waals surface area contributed by atoms with Gasteiger partial charge in [-0.25, -0.2) is 28.4 Å². The molecule has 4 amide bonds. The number of carbonyl (C=O) groups is 5. The van der Waals surface area contributed by atoms with E-state index in [1.807, 2.05) is 13.8 Å². The molecular formula is C28H33FN4O7. The van der Waals surface area contributed by atoms with Crippen molar-refractivity contribution in [3.63, 3.8) is 0 Å². The van der Waals surface area contributed by atoms with Gasteiger partial charge >= 0.3 is 30.0 Å². The quantitative estimate of drug-likeness (QED) is 0.356. The number of nitrogens with zero attached hydrogens (tertiary/aromatic N) is 2. The summed E-state index contributed by atoms with van der Waals surface area (Å²) in [6, 6.07) is 9.48. The average Bonchev–Trinajstić information content (AvgIpc) is 3.37. The van der Waals surface area contributed by atoms with Crippen LogP contribution in [0.25, 0.3) is 0 Å². The minimum atomic E-state index is -1.91. The second kappa shape index (κ2) is 13.0. The SMILES string of the molecule is CCOC(=O)c1cccc(N(CC(=O)OC(=O)C2(c3ccccc3F)CCCN2C(=O)NCC(C)C)C(N)=O)c1. The maximum Gasteiger partial charge on any atom is 0.344 e. The number of anilines is 1. The van der Waals surface area contributed by atoms with E-state index in [-0.39, 0.29) is 42.3 Å². The Bertz CT molecular complexity index is 1280. The van der Waals surface area contributed by atoms with Gasteiger partial charge in [0.2, 0.25) is 0 Å². The predicted octanol–water partition coefficient (Wildman–Crippen LogP) is 3.31. The van der Waals surface area contributed by atoms with Gasteiger partial charge in [-0.1, -0.05) is 38.1 Å². The summed E-state index contributed by atoms with van der Waals surface area (Å²) < 4.78 is 25.2. The predicted molar refractivity (Wildman–Crippen MR) is 143 cm³/mol. The number of halogens is 1. The normalized spacial score (nSPS) is 16.4. The molecule has 2 aromatic rings. The molecule has 0 radical (unpaired) electrons. The summed E-state index contributed by atoms with van der Waals surface area (Å²) >= 11 is 0. The Balaban J connectivity index is 1.89. The van der Waals surface area contributed by atoms with Gasteiger partial charge in [0.15, 0.2) is 5.54 Å². The van der Waals surface area contributed by atoms with Crippen LogP contribution in [-0.2, 0) is 24.6 Å². The minimum Gasteiger partial charge on any atom is -0.462 e.